The van der Waals surface area contributed by atoms with Crippen LogP contribution >= 0.6 is 0 Å². The number of hydrogen-bond donors (Lipinski definition) is 1. The highest BCUT2D eigenvalue weighted by molar-refractivity contribution is 6.99. The second-order valence-electron chi connectivity index (χ2n) is 11.7. The number of nitrogens with one attached hydrogen (secondary N) is 1. The van der Waals surface area contributed by atoms with Gasteiger partial charge in [0.1, 0.15) is 0 Å². The molecule has 2 aliphatic heterocycles. The van der Waals surface area contributed by atoms with E-state index in [1.165, 1.54) is 10.4 Å². The standard InChI is InChI=1S/C28H42N2O2Si/c1-27(2,3)26-19-29-17-18-30(26)24-20-31-21-25(24)32-33(28(4,5)6,22-13-9-7-10-14-22)23-15-11-8-12-16-23/h7-16,24-26,29H,17-21H2,1-6H3/t24-,25+,26?/m0/s1. The molecule has 4 rings (SSSR count). The van der Waals surface area contributed by atoms with Gasteiger partial charge in [0, 0.05) is 25.7 Å². The maximum atomic E-state index is 7.51. The van der Waals surface area contributed by atoms with Crippen molar-refractivity contribution in [3.63, 3.8) is 0 Å². The van der Waals surface area contributed by atoms with Gasteiger partial charge in [-0.1, -0.05) is 102 Å². The van der Waals surface area contributed by atoms with Crippen molar-refractivity contribution in [1.29, 1.82) is 0 Å². The van der Waals surface area contributed by atoms with E-state index in [9.17, 15) is 0 Å². The molecule has 0 amide bonds. The van der Waals surface area contributed by atoms with Gasteiger partial charge in [-0.05, 0) is 20.8 Å². The van der Waals surface area contributed by atoms with Gasteiger partial charge in [-0.15, -0.1) is 0 Å². The fraction of sp³-hybridized carbons (Fsp3) is 0.571. The van der Waals surface area contributed by atoms with Crippen LogP contribution in [0, 0.1) is 5.41 Å². The lowest BCUT2D eigenvalue weighted by atomic mass is 9.83. The molecule has 2 saturated heterocycles. The second kappa shape index (κ2) is 9.63. The number of benzene rings is 2. The van der Waals surface area contributed by atoms with Gasteiger partial charge in [-0.2, -0.15) is 0 Å². The van der Waals surface area contributed by atoms with Gasteiger partial charge in [0.05, 0.1) is 25.4 Å². The lowest BCUT2D eigenvalue weighted by Gasteiger charge is -2.50. The van der Waals surface area contributed by atoms with Crippen molar-refractivity contribution in [1.82, 2.24) is 10.2 Å². The summed E-state index contributed by atoms with van der Waals surface area (Å²) in [6.45, 7) is 18.6. The van der Waals surface area contributed by atoms with E-state index in [1.807, 2.05) is 0 Å². The second-order valence-corrected chi connectivity index (χ2v) is 16.0. The van der Waals surface area contributed by atoms with Crippen molar-refractivity contribution in [2.75, 3.05) is 32.8 Å². The monoisotopic (exact) mass is 466 g/mol. The molecule has 180 valence electrons. The van der Waals surface area contributed by atoms with Gasteiger partial charge in [-0.3, -0.25) is 4.90 Å². The first-order chi connectivity index (χ1) is 15.6. The van der Waals surface area contributed by atoms with Crippen LogP contribution in [0.3, 0.4) is 0 Å². The Morgan fingerprint density at radius 3 is 1.97 bits per heavy atom. The highest BCUT2D eigenvalue weighted by atomic mass is 28.4. The summed E-state index contributed by atoms with van der Waals surface area (Å²) < 4.78 is 13.7. The van der Waals surface area contributed by atoms with Gasteiger partial charge in [-0.25, -0.2) is 0 Å². The van der Waals surface area contributed by atoms with E-state index in [0.717, 1.165) is 26.2 Å². The Bertz CT molecular complexity index is 852. The van der Waals surface area contributed by atoms with Crippen molar-refractivity contribution in [2.24, 2.45) is 5.41 Å². The summed E-state index contributed by atoms with van der Waals surface area (Å²) in [5.74, 6) is 0. The van der Waals surface area contributed by atoms with E-state index in [1.54, 1.807) is 0 Å². The molecule has 4 nitrogen and oxygen atoms in total. The van der Waals surface area contributed by atoms with Gasteiger partial charge < -0.3 is 14.5 Å². The minimum absolute atomic E-state index is 0.0320. The van der Waals surface area contributed by atoms with Crippen molar-refractivity contribution < 1.29 is 9.16 Å². The van der Waals surface area contributed by atoms with E-state index in [-0.39, 0.29) is 22.6 Å². The smallest absolute Gasteiger partial charge is 0.261 e. The predicted molar refractivity (Wildman–Crippen MR) is 140 cm³/mol. The number of piperazine rings is 1. The van der Waals surface area contributed by atoms with Gasteiger partial charge in [0.15, 0.2) is 0 Å². The minimum atomic E-state index is -2.61. The average molecular weight is 467 g/mol. The van der Waals surface area contributed by atoms with Crippen molar-refractivity contribution in [2.45, 2.75) is 64.8 Å². The number of ether oxygens (including phenoxy) is 1. The molecule has 33 heavy (non-hydrogen) atoms. The van der Waals surface area contributed by atoms with Gasteiger partial charge in [0.25, 0.3) is 8.32 Å². The first-order valence-electron chi connectivity index (χ1n) is 12.5. The first kappa shape index (κ1) is 24.6. The van der Waals surface area contributed by atoms with Crippen LogP contribution in [0.2, 0.25) is 5.04 Å². The van der Waals surface area contributed by atoms with Crippen LogP contribution in [0.25, 0.3) is 0 Å². The zero-order chi connectivity index (χ0) is 23.7. The largest absolute Gasteiger partial charge is 0.400 e. The number of rotatable bonds is 5. The molecule has 1 N–H and O–H groups in total. The predicted octanol–water partition coefficient (Wildman–Crippen LogP) is 3.65. The third kappa shape index (κ3) is 4.84. The zero-order valence-corrected chi connectivity index (χ0v) is 22.3. The van der Waals surface area contributed by atoms with Crippen LogP contribution in [-0.4, -0.2) is 64.3 Å². The van der Waals surface area contributed by atoms with Crippen LogP contribution in [0.5, 0.6) is 0 Å². The summed E-state index contributed by atoms with van der Waals surface area (Å²) in [7, 11) is -2.61. The Hall–Kier alpha value is -1.50. The molecule has 0 aliphatic carbocycles. The molecule has 0 bridgehead atoms. The van der Waals surface area contributed by atoms with Crippen LogP contribution in [-0.2, 0) is 9.16 Å². The SMILES string of the molecule is CC(C)(C)C1CNCCN1[C@H]1COC[C@H]1O[Si](c1ccccc1)(c1ccccc1)C(C)(C)C. The van der Waals surface area contributed by atoms with Crippen LogP contribution < -0.4 is 15.7 Å². The van der Waals surface area contributed by atoms with Crippen LogP contribution in [0.15, 0.2) is 60.7 Å². The third-order valence-electron chi connectivity index (χ3n) is 7.46. The molecule has 5 heteroatoms. The van der Waals surface area contributed by atoms with Crippen molar-refractivity contribution in [3.05, 3.63) is 60.7 Å². The zero-order valence-electron chi connectivity index (χ0n) is 21.3. The van der Waals surface area contributed by atoms with E-state index in [4.69, 9.17) is 9.16 Å². The topological polar surface area (TPSA) is 33.7 Å². The fourth-order valence-electron chi connectivity index (χ4n) is 5.78. The Morgan fingerprint density at radius 2 is 1.45 bits per heavy atom. The van der Waals surface area contributed by atoms with E-state index >= 15 is 0 Å². The Kier molecular flexibility index (Phi) is 7.18. The normalized spacial score (nSPS) is 25.3. The molecule has 0 spiro atoms. The molecule has 2 aliphatic rings. The highest BCUT2D eigenvalue weighted by Crippen LogP contribution is 2.39. The van der Waals surface area contributed by atoms with Crippen LogP contribution in [0.4, 0.5) is 0 Å². The molecule has 2 aromatic rings. The van der Waals surface area contributed by atoms with E-state index in [0.29, 0.717) is 12.6 Å². The van der Waals surface area contributed by atoms with Crippen molar-refractivity contribution >= 4 is 18.7 Å². The molecule has 0 saturated carbocycles. The first-order valence-corrected chi connectivity index (χ1v) is 14.4. The van der Waals surface area contributed by atoms with Gasteiger partial charge in [0.2, 0.25) is 0 Å². The number of nitrogens with zero attached hydrogens (tertiary/aromatic N) is 1. The van der Waals surface area contributed by atoms with Crippen molar-refractivity contribution in [3.8, 4) is 0 Å². The summed E-state index contributed by atoms with van der Waals surface area (Å²) in [6, 6.07) is 22.7. The molecular weight excluding hydrogens is 424 g/mol. The summed E-state index contributed by atoms with van der Waals surface area (Å²) >= 11 is 0. The summed E-state index contributed by atoms with van der Waals surface area (Å²) in [6.07, 6.45) is 0.0549. The van der Waals surface area contributed by atoms with Gasteiger partial charge >= 0.3 is 0 Å². The molecule has 2 aromatic carbocycles. The maximum Gasteiger partial charge on any atom is 0.261 e. The average Bonchev–Trinajstić information content (AvgIpc) is 3.25. The van der Waals surface area contributed by atoms with E-state index in [2.05, 4.69) is 112 Å². The Labute approximate surface area is 201 Å². The minimum Gasteiger partial charge on any atom is -0.400 e. The molecule has 0 aromatic heterocycles. The fourth-order valence-corrected chi connectivity index (χ4v) is 10.5. The van der Waals surface area contributed by atoms with E-state index < -0.39 is 8.32 Å². The molecular formula is C28H42N2O2Si. The molecule has 0 radical (unpaired) electrons. The Morgan fingerprint density at radius 1 is 0.879 bits per heavy atom. The summed E-state index contributed by atoms with van der Waals surface area (Å²) in [4.78, 5) is 2.69. The quantitative estimate of drug-likeness (QED) is 0.682. The number of hydrogen-bond acceptors (Lipinski definition) is 4. The third-order valence-corrected chi connectivity index (χ3v) is 12.5. The molecule has 3 atom stereocenters. The highest BCUT2D eigenvalue weighted by Gasteiger charge is 2.54. The summed E-state index contributed by atoms with van der Waals surface area (Å²) in [5, 5.41) is 6.26. The maximum absolute atomic E-state index is 7.51. The molecule has 1 unspecified atom stereocenters. The molecule has 2 heterocycles. The Balaban J connectivity index is 1.76. The lowest BCUT2D eigenvalue weighted by Crippen LogP contribution is -2.70. The molecule has 2 fully saturated rings. The van der Waals surface area contributed by atoms with Crippen LogP contribution in [0.1, 0.15) is 41.5 Å². The summed E-state index contributed by atoms with van der Waals surface area (Å²) in [5.41, 5.74) is 0.192. The lowest BCUT2D eigenvalue weighted by molar-refractivity contribution is 0.00400.